The highest BCUT2D eigenvalue weighted by atomic mass is 35.5. The van der Waals surface area contributed by atoms with Crippen molar-refractivity contribution in [3.63, 3.8) is 0 Å². The van der Waals surface area contributed by atoms with E-state index < -0.39 is 95.1 Å². The number of alkyl halides is 3. The first-order valence-electron chi connectivity index (χ1n) is 18.5. The SMILES string of the molecule is C[C@H]1CN2CCC[C@@]2(COc2nc(N3CC4CCC(C3)N4C(=O)OC[C@H]3OC(O)[C@H](O)[C@@H](O)[C@H]3O)c3cnc(-c4cc(O)cc(Cl)c4C(F)(F)F)c(F)c3n2)C1. The van der Waals surface area contributed by atoms with Crippen LogP contribution in [0, 0.1) is 11.7 Å². The van der Waals surface area contributed by atoms with Crippen LogP contribution >= 0.6 is 11.6 Å². The fourth-order valence-electron chi connectivity index (χ4n) is 9.27. The van der Waals surface area contributed by atoms with Crippen molar-refractivity contribution in [2.45, 2.75) is 93.5 Å². The Labute approximate surface area is 322 Å². The van der Waals surface area contributed by atoms with Gasteiger partial charge in [-0.3, -0.25) is 14.8 Å². The van der Waals surface area contributed by atoms with E-state index in [1.165, 1.54) is 11.1 Å². The standard InChI is InChI=1S/C36H41ClF4N6O9/c1-16-9-35(5-2-6-46(35)11-16)15-55-33-43-27-21(10-42-26(25(27)38)20-7-19(48)8-22(37)24(20)36(39,40)41)31(44-33)45-12-17-3-4-18(13-45)47(17)34(53)54-14-23-28(49)29(50)30(51)32(52)56-23/h7-8,10,16-18,23,28-30,32,48-52H,2-6,9,11-15H2,1H3/t16-,17?,18?,23-,28+,29+,30-,32?,35+/m1/s1. The third kappa shape index (κ3) is 6.83. The minimum absolute atomic E-state index is 0.0757. The Morgan fingerprint density at radius 3 is 2.52 bits per heavy atom. The van der Waals surface area contributed by atoms with Gasteiger partial charge in [0.15, 0.2) is 12.1 Å². The number of anilines is 1. The maximum atomic E-state index is 16.7. The van der Waals surface area contributed by atoms with Crippen molar-refractivity contribution in [1.29, 1.82) is 0 Å². The number of halogens is 5. The molecule has 2 aromatic heterocycles. The summed E-state index contributed by atoms with van der Waals surface area (Å²) in [5, 5.41) is 49.3. The van der Waals surface area contributed by atoms with Gasteiger partial charge >= 0.3 is 18.3 Å². The molecule has 1 amide bonds. The average Bonchev–Trinajstić information content (AvgIpc) is 3.76. The van der Waals surface area contributed by atoms with Gasteiger partial charge < -0.3 is 44.6 Å². The second kappa shape index (κ2) is 14.5. The van der Waals surface area contributed by atoms with Gasteiger partial charge in [0.25, 0.3) is 0 Å². The molecule has 5 N–H and O–H groups in total. The van der Waals surface area contributed by atoms with Crippen LogP contribution in [0.15, 0.2) is 18.3 Å². The molecule has 5 fully saturated rings. The highest BCUT2D eigenvalue weighted by molar-refractivity contribution is 6.32. The second-order valence-electron chi connectivity index (χ2n) is 15.5. The Morgan fingerprint density at radius 2 is 1.80 bits per heavy atom. The number of amides is 1. The number of aromatic hydroxyl groups is 1. The summed E-state index contributed by atoms with van der Waals surface area (Å²) in [5.41, 5.74) is -3.52. The summed E-state index contributed by atoms with van der Waals surface area (Å²) < 4.78 is 76.3. The average molecular weight is 813 g/mol. The summed E-state index contributed by atoms with van der Waals surface area (Å²) in [6, 6.07) is 0.399. The maximum Gasteiger partial charge on any atom is 0.418 e. The fourth-order valence-corrected chi connectivity index (χ4v) is 9.59. The van der Waals surface area contributed by atoms with Gasteiger partial charge in [-0.25, -0.2) is 9.18 Å². The Bertz CT molecular complexity index is 2000. The molecule has 7 heterocycles. The number of aromatic nitrogens is 3. The van der Waals surface area contributed by atoms with Crippen molar-refractivity contribution < 1.29 is 62.1 Å². The number of aliphatic hydroxyl groups is 4. The third-order valence-corrected chi connectivity index (χ3v) is 12.1. The van der Waals surface area contributed by atoms with Gasteiger partial charge in [0.2, 0.25) is 0 Å². The third-order valence-electron chi connectivity index (χ3n) is 11.8. The molecule has 20 heteroatoms. The number of ether oxygens (including phenoxy) is 3. The first-order chi connectivity index (χ1) is 26.5. The van der Waals surface area contributed by atoms with Crippen LogP contribution in [-0.4, -0.2) is 144 Å². The van der Waals surface area contributed by atoms with Crippen molar-refractivity contribution in [3.8, 4) is 23.0 Å². The molecule has 15 nitrogen and oxygen atoms in total. The number of hydrogen-bond donors (Lipinski definition) is 5. The molecule has 0 aliphatic carbocycles. The molecule has 0 spiro atoms. The predicted octanol–water partition coefficient (Wildman–Crippen LogP) is 3.05. The number of carbonyl (C=O) groups excluding carboxylic acids is 1. The zero-order valence-corrected chi connectivity index (χ0v) is 30.8. The predicted molar refractivity (Wildman–Crippen MR) is 188 cm³/mol. The normalized spacial score (nSPS) is 32.0. The van der Waals surface area contributed by atoms with E-state index in [1.807, 2.05) is 4.90 Å². The number of fused-ring (bicyclic) bond motifs is 4. The Morgan fingerprint density at radius 1 is 1.07 bits per heavy atom. The van der Waals surface area contributed by atoms with E-state index in [1.54, 1.807) is 0 Å². The lowest BCUT2D eigenvalue weighted by Crippen LogP contribution is -2.59. The molecule has 3 unspecified atom stereocenters. The van der Waals surface area contributed by atoms with E-state index in [4.69, 9.17) is 30.8 Å². The molecule has 9 atom stereocenters. The van der Waals surface area contributed by atoms with Crippen molar-refractivity contribution >= 4 is 34.4 Å². The monoisotopic (exact) mass is 812 g/mol. The Balaban J connectivity index is 1.11. The molecule has 0 saturated carbocycles. The number of carbonyl (C=O) groups is 1. The number of rotatable bonds is 7. The molecule has 5 aliphatic rings. The van der Waals surface area contributed by atoms with E-state index in [0.717, 1.165) is 38.4 Å². The van der Waals surface area contributed by atoms with E-state index in [-0.39, 0.29) is 48.0 Å². The van der Waals surface area contributed by atoms with Crippen molar-refractivity contribution in [1.82, 2.24) is 24.8 Å². The molecule has 8 rings (SSSR count). The molecular weight excluding hydrogens is 772 g/mol. The number of phenolic OH excluding ortho intramolecular Hbond substituents is 1. The van der Waals surface area contributed by atoms with Crippen molar-refractivity contribution in [2.75, 3.05) is 44.3 Å². The van der Waals surface area contributed by atoms with Gasteiger partial charge in [-0.15, -0.1) is 0 Å². The molecule has 0 radical (unpaired) electrons. The van der Waals surface area contributed by atoms with E-state index >= 15 is 4.39 Å². The molecular formula is C36H41ClF4N6O9. The van der Waals surface area contributed by atoms with Crippen LogP contribution in [0.3, 0.4) is 0 Å². The minimum Gasteiger partial charge on any atom is -0.508 e. The number of pyridine rings is 1. The highest BCUT2D eigenvalue weighted by Crippen LogP contribution is 2.46. The lowest BCUT2D eigenvalue weighted by atomic mass is 9.92. The summed E-state index contributed by atoms with van der Waals surface area (Å²) >= 11 is 5.93. The molecule has 2 bridgehead atoms. The lowest BCUT2D eigenvalue weighted by Gasteiger charge is -2.42. The summed E-state index contributed by atoms with van der Waals surface area (Å²) in [7, 11) is 0. The zero-order chi connectivity index (χ0) is 39.8. The smallest absolute Gasteiger partial charge is 0.418 e. The largest absolute Gasteiger partial charge is 0.508 e. The first kappa shape index (κ1) is 39.0. The van der Waals surface area contributed by atoms with Crippen LogP contribution < -0.4 is 9.64 Å². The van der Waals surface area contributed by atoms with Gasteiger partial charge in [-0.05, 0) is 56.7 Å². The molecule has 3 aromatic rings. The summed E-state index contributed by atoms with van der Waals surface area (Å²) in [5.74, 6) is -1.21. The number of aliphatic hydroxyl groups excluding tert-OH is 4. The van der Waals surface area contributed by atoms with Crippen LogP contribution in [0.2, 0.25) is 5.02 Å². The molecule has 304 valence electrons. The van der Waals surface area contributed by atoms with Crippen LogP contribution in [-0.2, 0) is 15.7 Å². The van der Waals surface area contributed by atoms with Gasteiger partial charge in [-0.1, -0.05) is 18.5 Å². The van der Waals surface area contributed by atoms with E-state index in [2.05, 4.69) is 21.8 Å². The quantitative estimate of drug-likeness (QED) is 0.219. The van der Waals surface area contributed by atoms with Gasteiger partial charge in [0.1, 0.15) is 60.4 Å². The molecule has 5 aliphatic heterocycles. The maximum absolute atomic E-state index is 16.7. The minimum atomic E-state index is -5.02. The first-order valence-corrected chi connectivity index (χ1v) is 18.8. The van der Waals surface area contributed by atoms with Gasteiger partial charge in [0, 0.05) is 31.4 Å². The number of hydrogen-bond acceptors (Lipinski definition) is 14. The van der Waals surface area contributed by atoms with Crippen LogP contribution in [0.1, 0.15) is 44.6 Å². The molecule has 56 heavy (non-hydrogen) atoms. The Kier molecular flexibility index (Phi) is 10.1. The zero-order valence-electron chi connectivity index (χ0n) is 30.1. The number of phenols is 1. The van der Waals surface area contributed by atoms with Crippen molar-refractivity contribution in [3.05, 3.63) is 34.7 Å². The molecule has 5 saturated heterocycles. The summed E-state index contributed by atoms with van der Waals surface area (Å²) in [6.07, 6.45) is -8.95. The number of benzene rings is 1. The number of nitrogens with zero attached hydrogens (tertiary/aromatic N) is 6. The lowest BCUT2D eigenvalue weighted by molar-refractivity contribution is -0.286. The summed E-state index contributed by atoms with van der Waals surface area (Å²) in [6.45, 7) is 4.02. The summed E-state index contributed by atoms with van der Waals surface area (Å²) in [4.78, 5) is 32.3. The van der Waals surface area contributed by atoms with Crippen LogP contribution in [0.5, 0.6) is 11.8 Å². The Hall–Kier alpha value is -3.85. The van der Waals surface area contributed by atoms with Crippen LogP contribution in [0.4, 0.5) is 28.2 Å². The van der Waals surface area contributed by atoms with Crippen LogP contribution in [0.25, 0.3) is 22.2 Å². The molecule has 1 aromatic carbocycles. The topological polar surface area (TPSA) is 194 Å². The van der Waals surface area contributed by atoms with Gasteiger partial charge in [-0.2, -0.15) is 23.1 Å². The fraction of sp³-hybridized carbons (Fsp3) is 0.611. The number of piperazine rings is 1. The van der Waals surface area contributed by atoms with E-state index in [0.29, 0.717) is 24.8 Å². The van der Waals surface area contributed by atoms with Crippen molar-refractivity contribution in [2.24, 2.45) is 5.92 Å². The second-order valence-corrected chi connectivity index (χ2v) is 16.0. The van der Waals surface area contributed by atoms with E-state index in [9.17, 15) is 43.5 Å². The van der Waals surface area contributed by atoms with Gasteiger partial charge in [0.05, 0.1) is 33.6 Å². The highest BCUT2D eigenvalue weighted by Gasteiger charge is 2.49.